The Hall–Kier alpha value is -2.01. The van der Waals surface area contributed by atoms with Crippen LogP contribution in [0.25, 0.3) is 0 Å². The first-order valence-corrected chi connectivity index (χ1v) is 11.0. The Morgan fingerprint density at radius 2 is 1.89 bits per heavy atom. The van der Waals surface area contributed by atoms with Gasteiger partial charge in [0, 0.05) is 23.2 Å². The third-order valence-electron chi connectivity index (χ3n) is 5.96. The Balaban J connectivity index is 1.43. The van der Waals surface area contributed by atoms with Crippen LogP contribution in [0.15, 0.2) is 23.6 Å². The number of amides is 1. The third-order valence-corrected chi connectivity index (χ3v) is 7.05. The lowest BCUT2D eigenvalue weighted by atomic mass is 9.95. The van der Waals surface area contributed by atoms with Crippen LogP contribution >= 0.6 is 11.3 Å². The summed E-state index contributed by atoms with van der Waals surface area (Å²) in [4.78, 5) is 16.9. The van der Waals surface area contributed by atoms with Crippen LogP contribution in [-0.2, 0) is 12.8 Å². The molecule has 5 rings (SSSR count). The number of carbonyl (C=O) groups excluding carboxylic acids is 1. The van der Waals surface area contributed by atoms with Gasteiger partial charge in [0.05, 0.1) is 24.8 Å². The molecule has 0 bridgehead atoms. The molecular weight excluding hydrogens is 358 g/mol. The minimum atomic E-state index is 0.133. The van der Waals surface area contributed by atoms with Crippen LogP contribution in [0.4, 0.5) is 0 Å². The van der Waals surface area contributed by atoms with Crippen LogP contribution in [0.2, 0.25) is 0 Å². The van der Waals surface area contributed by atoms with Crippen molar-refractivity contribution in [2.45, 2.75) is 51.0 Å². The molecule has 0 spiro atoms. The summed E-state index contributed by atoms with van der Waals surface area (Å²) in [6.45, 7) is 2.22. The van der Waals surface area contributed by atoms with Crippen LogP contribution in [0.1, 0.15) is 64.5 Å². The maximum Gasteiger partial charge on any atom is 0.255 e. The smallest absolute Gasteiger partial charge is 0.255 e. The van der Waals surface area contributed by atoms with E-state index in [0.717, 1.165) is 61.3 Å². The summed E-state index contributed by atoms with van der Waals surface area (Å²) >= 11 is 1.77. The highest BCUT2D eigenvalue weighted by Crippen LogP contribution is 2.40. The van der Waals surface area contributed by atoms with Gasteiger partial charge >= 0.3 is 0 Å². The molecule has 0 unspecified atom stereocenters. The first-order valence-electron chi connectivity index (χ1n) is 10.1. The molecule has 0 radical (unpaired) electrons. The van der Waals surface area contributed by atoms with Crippen molar-refractivity contribution in [3.8, 4) is 11.5 Å². The van der Waals surface area contributed by atoms with E-state index in [0.29, 0.717) is 13.2 Å². The molecule has 1 saturated heterocycles. The molecule has 1 amide bonds. The SMILES string of the molecule is O=C(c1csc2c1CCCC2)N1CCC[C@H]1c1ccc2c(c1)OCCCO2. The highest BCUT2D eigenvalue weighted by molar-refractivity contribution is 7.10. The lowest BCUT2D eigenvalue weighted by Crippen LogP contribution is -2.31. The quantitative estimate of drug-likeness (QED) is 0.750. The molecule has 2 aromatic rings. The fraction of sp³-hybridized carbons (Fsp3) is 0.500. The minimum absolute atomic E-state index is 0.133. The molecule has 1 atom stereocenters. The number of ether oxygens (including phenoxy) is 2. The van der Waals surface area contributed by atoms with E-state index in [1.807, 2.05) is 6.07 Å². The van der Waals surface area contributed by atoms with Gasteiger partial charge in [-0.05, 0) is 61.8 Å². The number of nitrogens with zero attached hydrogens (tertiary/aromatic N) is 1. The molecule has 1 aliphatic carbocycles. The second-order valence-corrected chi connectivity index (χ2v) is 8.64. The molecule has 142 valence electrons. The van der Waals surface area contributed by atoms with Gasteiger partial charge in [0.25, 0.3) is 5.91 Å². The number of hydrogen-bond acceptors (Lipinski definition) is 4. The highest BCUT2D eigenvalue weighted by atomic mass is 32.1. The van der Waals surface area contributed by atoms with Crippen molar-refractivity contribution in [1.82, 2.24) is 4.90 Å². The molecule has 0 N–H and O–H groups in total. The van der Waals surface area contributed by atoms with Gasteiger partial charge in [-0.3, -0.25) is 4.79 Å². The van der Waals surface area contributed by atoms with Crippen LogP contribution < -0.4 is 9.47 Å². The zero-order valence-electron chi connectivity index (χ0n) is 15.5. The van der Waals surface area contributed by atoms with E-state index in [2.05, 4.69) is 22.4 Å². The van der Waals surface area contributed by atoms with Crippen LogP contribution in [0, 0.1) is 0 Å². The highest BCUT2D eigenvalue weighted by Gasteiger charge is 2.33. The summed E-state index contributed by atoms with van der Waals surface area (Å²) < 4.78 is 11.6. The van der Waals surface area contributed by atoms with Gasteiger partial charge < -0.3 is 14.4 Å². The largest absolute Gasteiger partial charge is 0.490 e. The van der Waals surface area contributed by atoms with Gasteiger partial charge in [0.1, 0.15) is 0 Å². The maximum absolute atomic E-state index is 13.4. The fourth-order valence-electron chi connectivity index (χ4n) is 4.57. The lowest BCUT2D eigenvalue weighted by molar-refractivity contribution is 0.0734. The number of likely N-dealkylation sites (tertiary alicyclic amines) is 1. The molecule has 2 aliphatic heterocycles. The van der Waals surface area contributed by atoms with E-state index in [4.69, 9.17) is 9.47 Å². The Morgan fingerprint density at radius 3 is 2.81 bits per heavy atom. The Morgan fingerprint density at radius 1 is 1.04 bits per heavy atom. The molecule has 3 aliphatic rings. The van der Waals surface area contributed by atoms with Gasteiger partial charge in [0.15, 0.2) is 11.5 Å². The predicted octanol–water partition coefficient (Wildman–Crippen LogP) is 4.77. The molecule has 1 fully saturated rings. The van der Waals surface area contributed by atoms with Crippen molar-refractivity contribution in [1.29, 1.82) is 0 Å². The fourth-order valence-corrected chi connectivity index (χ4v) is 5.69. The van der Waals surface area contributed by atoms with Crippen LogP contribution in [0.5, 0.6) is 11.5 Å². The van der Waals surface area contributed by atoms with Gasteiger partial charge in [-0.2, -0.15) is 0 Å². The second kappa shape index (κ2) is 7.19. The molecule has 4 nitrogen and oxygen atoms in total. The molecular formula is C22H25NO3S. The van der Waals surface area contributed by atoms with Gasteiger partial charge in [-0.15, -0.1) is 11.3 Å². The van der Waals surface area contributed by atoms with E-state index in [1.165, 1.54) is 23.3 Å². The van der Waals surface area contributed by atoms with E-state index in [1.54, 1.807) is 11.3 Å². The number of rotatable bonds is 2. The predicted molar refractivity (Wildman–Crippen MR) is 106 cm³/mol. The zero-order chi connectivity index (χ0) is 18.2. The molecule has 1 aromatic carbocycles. The number of carbonyl (C=O) groups is 1. The van der Waals surface area contributed by atoms with E-state index in [9.17, 15) is 4.79 Å². The second-order valence-electron chi connectivity index (χ2n) is 7.67. The summed E-state index contributed by atoms with van der Waals surface area (Å²) in [5.74, 6) is 1.85. The van der Waals surface area contributed by atoms with Gasteiger partial charge in [-0.25, -0.2) is 0 Å². The van der Waals surface area contributed by atoms with Crippen LogP contribution in [0.3, 0.4) is 0 Å². The van der Waals surface area contributed by atoms with Crippen molar-refractivity contribution < 1.29 is 14.3 Å². The van der Waals surface area contributed by atoms with Gasteiger partial charge in [-0.1, -0.05) is 6.07 Å². The standard InChI is InChI=1S/C22H25NO3S/c24-22(17-14-27-21-7-2-1-5-16(17)21)23-10-3-6-18(23)15-8-9-19-20(13-15)26-12-4-11-25-19/h8-9,13-14,18H,1-7,10-12H2/t18-/m0/s1. The first-order chi connectivity index (χ1) is 13.3. The Bertz CT molecular complexity index is 859. The lowest BCUT2D eigenvalue weighted by Gasteiger charge is -2.26. The monoisotopic (exact) mass is 383 g/mol. The summed E-state index contributed by atoms with van der Waals surface area (Å²) in [5, 5.41) is 2.10. The van der Waals surface area contributed by atoms with E-state index in [-0.39, 0.29) is 11.9 Å². The summed E-state index contributed by atoms with van der Waals surface area (Å²) in [7, 11) is 0. The number of thiophene rings is 1. The number of benzene rings is 1. The van der Waals surface area contributed by atoms with Crippen molar-refractivity contribution in [3.05, 3.63) is 45.1 Å². The van der Waals surface area contributed by atoms with E-state index >= 15 is 0 Å². The average Bonchev–Trinajstić information content (AvgIpc) is 3.29. The Kier molecular flexibility index (Phi) is 4.56. The Labute approximate surface area is 164 Å². The molecule has 1 aromatic heterocycles. The third kappa shape index (κ3) is 3.12. The van der Waals surface area contributed by atoms with Crippen molar-refractivity contribution in [2.75, 3.05) is 19.8 Å². The zero-order valence-corrected chi connectivity index (χ0v) is 16.4. The molecule has 27 heavy (non-hydrogen) atoms. The van der Waals surface area contributed by atoms with Crippen molar-refractivity contribution in [2.24, 2.45) is 0 Å². The summed E-state index contributed by atoms with van der Waals surface area (Å²) in [5.41, 5.74) is 3.44. The maximum atomic E-state index is 13.4. The normalized spacial score (nSPS) is 21.6. The number of hydrogen-bond donors (Lipinski definition) is 0. The average molecular weight is 384 g/mol. The van der Waals surface area contributed by atoms with Crippen molar-refractivity contribution >= 4 is 17.2 Å². The van der Waals surface area contributed by atoms with Gasteiger partial charge in [0.2, 0.25) is 0 Å². The number of aryl methyl sites for hydroxylation is 1. The van der Waals surface area contributed by atoms with Crippen molar-refractivity contribution in [3.63, 3.8) is 0 Å². The summed E-state index contributed by atoms with van der Waals surface area (Å²) in [6, 6.07) is 6.32. The molecule has 3 heterocycles. The van der Waals surface area contributed by atoms with Crippen LogP contribution in [-0.4, -0.2) is 30.6 Å². The molecule has 5 heteroatoms. The summed E-state index contributed by atoms with van der Waals surface area (Å²) in [6.07, 6.45) is 7.62. The van der Waals surface area contributed by atoms with E-state index < -0.39 is 0 Å². The minimum Gasteiger partial charge on any atom is -0.490 e. The topological polar surface area (TPSA) is 38.8 Å². The number of fused-ring (bicyclic) bond motifs is 2. The molecule has 0 saturated carbocycles. The first kappa shape index (κ1) is 17.1.